The van der Waals surface area contributed by atoms with Gasteiger partial charge in [-0.15, -0.1) is 0 Å². The van der Waals surface area contributed by atoms with Crippen molar-refractivity contribution in [2.75, 3.05) is 39.3 Å². The number of anilines is 1. The van der Waals surface area contributed by atoms with Crippen molar-refractivity contribution in [3.05, 3.63) is 24.0 Å². The number of benzene rings is 1. The Morgan fingerprint density at radius 1 is 1.18 bits per heavy atom. The van der Waals surface area contributed by atoms with Gasteiger partial charge in [0.05, 0.1) is 25.5 Å². The first kappa shape index (κ1) is 13.7. The summed E-state index contributed by atoms with van der Waals surface area (Å²) in [6.45, 7) is 2.18. The van der Waals surface area contributed by atoms with Gasteiger partial charge in [-0.3, -0.25) is 0 Å². The van der Waals surface area contributed by atoms with Crippen LogP contribution >= 0.6 is 0 Å². The lowest BCUT2D eigenvalue weighted by Gasteiger charge is -2.09. The highest BCUT2D eigenvalue weighted by atomic mass is 19.1. The molecule has 0 spiro atoms. The molecular weight excluding hydrogens is 225 g/mol. The monoisotopic (exact) mass is 243 g/mol. The fourth-order valence-corrected chi connectivity index (χ4v) is 1.22. The Hall–Kier alpha value is -1.33. The van der Waals surface area contributed by atoms with E-state index in [-0.39, 0.29) is 5.82 Å². The van der Waals surface area contributed by atoms with E-state index in [0.717, 1.165) is 6.42 Å². The fraction of sp³-hybridized carbons (Fsp3) is 0.500. The van der Waals surface area contributed by atoms with Gasteiger partial charge in [0.25, 0.3) is 0 Å². The molecule has 4 nitrogen and oxygen atoms in total. The number of methoxy groups -OCH3 is 1. The molecule has 1 rings (SSSR count). The highest BCUT2D eigenvalue weighted by molar-refractivity contribution is 5.52. The van der Waals surface area contributed by atoms with Gasteiger partial charge in [0.15, 0.2) is 0 Å². The van der Waals surface area contributed by atoms with Gasteiger partial charge in [0.2, 0.25) is 0 Å². The first-order chi connectivity index (χ1) is 8.24. The summed E-state index contributed by atoms with van der Waals surface area (Å²) in [7, 11) is 1.62. The molecule has 17 heavy (non-hydrogen) atoms. The van der Waals surface area contributed by atoms with Crippen molar-refractivity contribution in [3.8, 4) is 5.75 Å². The van der Waals surface area contributed by atoms with Gasteiger partial charge in [0.1, 0.15) is 11.6 Å². The maximum atomic E-state index is 12.9. The number of hydrogen-bond acceptors (Lipinski definition) is 4. The fourth-order valence-electron chi connectivity index (χ4n) is 1.22. The van der Waals surface area contributed by atoms with Crippen LogP contribution < -0.4 is 10.5 Å². The summed E-state index contributed by atoms with van der Waals surface area (Å²) in [4.78, 5) is 0. The lowest BCUT2D eigenvalue weighted by atomic mass is 10.3. The van der Waals surface area contributed by atoms with Crippen molar-refractivity contribution in [1.82, 2.24) is 0 Å². The molecule has 0 aliphatic carbocycles. The Labute approximate surface area is 100 Å². The number of hydrogen-bond donors (Lipinski definition) is 1. The Morgan fingerprint density at radius 3 is 2.76 bits per heavy atom. The van der Waals surface area contributed by atoms with E-state index in [1.807, 2.05) is 0 Å². The summed E-state index contributed by atoms with van der Waals surface area (Å²) < 4.78 is 28.3. The number of nitrogens with two attached hydrogens (primary N) is 1. The standard InChI is InChI=1S/C12H18FNO3/c1-15-7-8-16-5-2-6-17-12-9-10(13)3-4-11(12)14/h3-4,9H,2,5-8,14H2,1H3. The molecule has 0 aliphatic rings. The quantitative estimate of drug-likeness (QED) is 0.559. The molecule has 0 aromatic heterocycles. The smallest absolute Gasteiger partial charge is 0.145 e. The second kappa shape index (κ2) is 7.86. The molecule has 0 bridgehead atoms. The normalized spacial score (nSPS) is 10.5. The molecule has 2 N–H and O–H groups in total. The van der Waals surface area contributed by atoms with Crippen molar-refractivity contribution >= 4 is 5.69 Å². The van der Waals surface area contributed by atoms with E-state index in [4.69, 9.17) is 19.9 Å². The largest absolute Gasteiger partial charge is 0.491 e. The molecule has 0 saturated heterocycles. The number of ether oxygens (including phenoxy) is 3. The van der Waals surface area contributed by atoms with Crippen molar-refractivity contribution in [2.24, 2.45) is 0 Å². The summed E-state index contributed by atoms with van der Waals surface area (Å²) in [6.07, 6.45) is 0.722. The van der Waals surface area contributed by atoms with E-state index in [2.05, 4.69) is 0 Å². The van der Waals surface area contributed by atoms with Crippen LogP contribution in [0, 0.1) is 5.82 Å². The van der Waals surface area contributed by atoms with Crippen LogP contribution in [0.5, 0.6) is 5.75 Å². The Kier molecular flexibility index (Phi) is 6.35. The van der Waals surface area contributed by atoms with Crippen LogP contribution in [0.1, 0.15) is 6.42 Å². The summed E-state index contributed by atoms with van der Waals surface area (Å²) in [5.74, 6) is 0.0208. The minimum absolute atomic E-state index is 0.356. The molecule has 0 aliphatic heterocycles. The third-order valence-electron chi connectivity index (χ3n) is 2.10. The van der Waals surface area contributed by atoms with E-state index < -0.39 is 0 Å². The van der Waals surface area contributed by atoms with Crippen LogP contribution in [0.4, 0.5) is 10.1 Å². The number of halogens is 1. The van der Waals surface area contributed by atoms with Crippen LogP contribution in [0.15, 0.2) is 18.2 Å². The molecule has 96 valence electrons. The molecule has 0 amide bonds. The first-order valence-electron chi connectivity index (χ1n) is 5.48. The molecule has 0 heterocycles. The minimum Gasteiger partial charge on any atom is -0.491 e. The number of rotatable bonds is 8. The van der Waals surface area contributed by atoms with Crippen molar-refractivity contribution in [2.45, 2.75) is 6.42 Å². The van der Waals surface area contributed by atoms with E-state index in [1.54, 1.807) is 7.11 Å². The predicted molar refractivity (Wildman–Crippen MR) is 63.6 cm³/mol. The summed E-state index contributed by atoms with van der Waals surface area (Å²) >= 11 is 0. The maximum Gasteiger partial charge on any atom is 0.145 e. The molecule has 1 aromatic carbocycles. The topological polar surface area (TPSA) is 53.7 Å². The zero-order chi connectivity index (χ0) is 12.5. The third kappa shape index (κ3) is 5.51. The minimum atomic E-state index is -0.356. The van der Waals surface area contributed by atoms with E-state index in [1.165, 1.54) is 18.2 Å². The SMILES string of the molecule is COCCOCCCOc1cc(F)ccc1N. The van der Waals surface area contributed by atoms with Gasteiger partial charge in [-0.05, 0) is 12.1 Å². The van der Waals surface area contributed by atoms with E-state index >= 15 is 0 Å². The summed E-state index contributed by atoms with van der Waals surface area (Å²) in [5.41, 5.74) is 6.07. The maximum absolute atomic E-state index is 12.9. The van der Waals surface area contributed by atoms with Gasteiger partial charge < -0.3 is 19.9 Å². The van der Waals surface area contributed by atoms with E-state index in [0.29, 0.717) is 37.9 Å². The van der Waals surface area contributed by atoms with Crippen LogP contribution in [-0.2, 0) is 9.47 Å². The zero-order valence-corrected chi connectivity index (χ0v) is 9.95. The van der Waals surface area contributed by atoms with Crippen LogP contribution in [0.2, 0.25) is 0 Å². The van der Waals surface area contributed by atoms with Gasteiger partial charge in [-0.2, -0.15) is 0 Å². The predicted octanol–water partition coefficient (Wildman–Crippen LogP) is 1.84. The first-order valence-corrected chi connectivity index (χ1v) is 5.48. The molecule has 0 atom stereocenters. The Bertz CT molecular complexity index is 334. The molecule has 0 saturated carbocycles. The average molecular weight is 243 g/mol. The zero-order valence-electron chi connectivity index (χ0n) is 9.95. The lowest BCUT2D eigenvalue weighted by molar-refractivity contribution is 0.0644. The van der Waals surface area contributed by atoms with Gasteiger partial charge in [-0.1, -0.05) is 0 Å². The summed E-state index contributed by atoms with van der Waals surface area (Å²) in [5, 5.41) is 0. The Morgan fingerprint density at radius 2 is 2.00 bits per heavy atom. The average Bonchev–Trinajstić information content (AvgIpc) is 2.32. The summed E-state index contributed by atoms with van der Waals surface area (Å²) in [6, 6.07) is 4.07. The van der Waals surface area contributed by atoms with Gasteiger partial charge in [-0.25, -0.2) is 4.39 Å². The highest BCUT2D eigenvalue weighted by Gasteiger charge is 2.01. The van der Waals surface area contributed by atoms with Crippen molar-refractivity contribution < 1.29 is 18.6 Å². The van der Waals surface area contributed by atoms with Crippen LogP contribution in [0.25, 0.3) is 0 Å². The van der Waals surface area contributed by atoms with E-state index in [9.17, 15) is 4.39 Å². The van der Waals surface area contributed by atoms with Crippen molar-refractivity contribution in [3.63, 3.8) is 0 Å². The van der Waals surface area contributed by atoms with Crippen LogP contribution in [-0.4, -0.2) is 33.5 Å². The molecule has 0 unspecified atom stereocenters. The van der Waals surface area contributed by atoms with Crippen LogP contribution in [0.3, 0.4) is 0 Å². The molecule has 0 fully saturated rings. The third-order valence-corrected chi connectivity index (χ3v) is 2.10. The molecule has 5 heteroatoms. The van der Waals surface area contributed by atoms with Crippen molar-refractivity contribution in [1.29, 1.82) is 0 Å². The second-order valence-electron chi connectivity index (χ2n) is 3.49. The lowest BCUT2D eigenvalue weighted by Crippen LogP contribution is -2.07. The Balaban J connectivity index is 2.15. The second-order valence-corrected chi connectivity index (χ2v) is 3.49. The molecule has 0 radical (unpaired) electrons. The molecular formula is C12H18FNO3. The van der Waals surface area contributed by atoms with Gasteiger partial charge >= 0.3 is 0 Å². The highest BCUT2D eigenvalue weighted by Crippen LogP contribution is 2.21. The molecule has 1 aromatic rings. The number of nitrogen functional groups attached to an aromatic ring is 1. The van der Waals surface area contributed by atoms with Gasteiger partial charge in [0, 0.05) is 26.2 Å².